The van der Waals surface area contributed by atoms with Gasteiger partial charge in [0.25, 0.3) is 0 Å². The van der Waals surface area contributed by atoms with E-state index >= 15 is 0 Å². The van der Waals surface area contributed by atoms with Crippen molar-refractivity contribution in [3.63, 3.8) is 0 Å². The van der Waals surface area contributed by atoms with Crippen molar-refractivity contribution in [1.29, 1.82) is 0 Å². The van der Waals surface area contributed by atoms with Crippen LogP contribution in [0.2, 0.25) is 0 Å². The van der Waals surface area contributed by atoms with E-state index in [-0.39, 0.29) is 6.04 Å². The van der Waals surface area contributed by atoms with Crippen molar-refractivity contribution >= 4 is 0 Å². The molecule has 0 bridgehead atoms. The van der Waals surface area contributed by atoms with Crippen LogP contribution in [-0.4, -0.2) is 13.7 Å². The highest BCUT2D eigenvalue weighted by atomic mass is 16.5. The molecule has 0 aromatic heterocycles. The van der Waals surface area contributed by atoms with Crippen LogP contribution in [0.25, 0.3) is 0 Å². The third-order valence-electron chi connectivity index (χ3n) is 3.92. The van der Waals surface area contributed by atoms with Crippen LogP contribution in [-0.2, 0) is 12.8 Å². The number of nitrogens with one attached hydrogen (secondary N) is 1. The second kappa shape index (κ2) is 6.16. The van der Waals surface area contributed by atoms with E-state index in [0.29, 0.717) is 0 Å². The van der Waals surface area contributed by atoms with Crippen LogP contribution in [0.1, 0.15) is 22.7 Å². The van der Waals surface area contributed by atoms with Gasteiger partial charge in [-0.3, -0.25) is 11.3 Å². The summed E-state index contributed by atoms with van der Waals surface area (Å²) in [5.74, 6) is 7.61. The van der Waals surface area contributed by atoms with Gasteiger partial charge in [0, 0.05) is 12.5 Å². The van der Waals surface area contributed by atoms with E-state index in [0.717, 1.165) is 30.9 Å². The number of benzene rings is 2. The average Bonchev–Trinajstić information content (AvgIpc) is 3.00. The van der Waals surface area contributed by atoms with Crippen molar-refractivity contribution < 1.29 is 9.47 Å². The second-order valence-corrected chi connectivity index (χ2v) is 5.24. The summed E-state index contributed by atoms with van der Waals surface area (Å²) in [6, 6.07) is 14.5. The Kier molecular flexibility index (Phi) is 4.08. The summed E-state index contributed by atoms with van der Waals surface area (Å²) in [4.78, 5) is 0. The highest BCUT2D eigenvalue weighted by Crippen LogP contribution is 2.29. The Hall–Kier alpha value is -2.04. The summed E-state index contributed by atoms with van der Waals surface area (Å²) in [5.41, 5.74) is 6.59. The zero-order valence-corrected chi connectivity index (χ0v) is 12.1. The van der Waals surface area contributed by atoms with Gasteiger partial charge in [-0.2, -0.15) is 0 Å². The van der Waals surface area contributed by atoms with Crippen LogP contribution in [0.4, 0.5) is 0 Å². The summed E-state index contributed by atoms with van der Waals surface area (Å²) in [5, 5.41) is 0. The lowest BCUT2D eigenvalue weighted by atomic mass is 9.97. The van der Waals surface area contributed by atoms with Crippen molar-refractivity contribution in [3.05, 3.63) is 59.2 Å². The first kappa shape index (κ1) is 13.9. The molecule has 2 aromatic carbocycles. The third-order valence-corrected chi connectivity index (χ3v) is 3.92. The van der Waals surface area contributed by atoms with E-state index in [4.69, 9.17) is 15.3 Å². The molecule has 2 aromatic rings. The lowest BCUT2D eigenvalue weighted by Gasteiger charge is -2.17. The van der Waals surface area contributed by atoms with Crippen LogP contribution in [0.3, 0.4) is 0 Å². The molecule has 4 nitrogen and oxygen atoms in total. The Morgan fingerprint density at radius 1 is 1.24 bits per heavy atom. The molecule has 0 saturated heterocycles. The number of rotatable bonds is 5. The SMILES string of the molecule is COc1ccc(CC(NN)c2ccc3c(c2)CCO3)cc1. The molecule has 0 spiro atoms. The number of methoxy groups -OCH3 is 1. The van der Waals surface area contributed by atoms with Gasteiger partial charge >= 0.3 is 0 Å². The van der Waals surface area contributed by atoms with Crippen molar-refractivity contribution in [3.8, 4) is 11.5 Å². The van der Waals surface area contributed by atoms with Crippen LogP contribution < -0.4 is 20.7 Å². The van der Waals surface area contributed by atoms with E-state index < -0.39 is 0 Å². The zero-order valence-electron chi connectivity index (χ0n) is 12.1. The second-order valence-electron chi connectivity index (χ2n) is 5.24. The van der Waals surface area contributed by atoms with Crippen LogP contribution in [0, 0.1) is 0 Å². The first-order valence-electron chi connectivity index (χ1n) is 7.15. The van der Waals surface area contributed by atoms with Crippen molar-refractivity contribution in [2.45, 2.75) is 18.9 Å². The van der Waals surface area contributed by atoms with Crippen LogP contribution in [0.5, 0.6) is 11.5 Å². The maximum atomic E-state index is 5.75. The van der Waals surface area contributed by atoms with Crippen molar-refractivity contribution in [2.24, 2.45) is 5.84 Å². The van der Waals surface area contributed by atoms with E-state index in [9.17, 15) is 0 Å². The summed E-state index contributed by atoms with van der Waals surface area (Å²) in [7, 11) is 1.67. The molecular weight excluding hydrogens is 264 g/mol. The van der Waals surface area contributed by atoms with Gasteiger partial charge in [-0.25, -0.2) is 0 Å². The van der Waals surface area contributed by atoms with Gasteiger partial charge in [-0.1, -0.05) is 24.3 Å². The smallest absolute Gasteiger partial charge is 0.122 e. The number of ether oxygens (including phenoxy) is 2. The molecule has 1 unspecified atom stereocenters. The maximum absolute atomic E-state index is 5.75. The molecule has 3 rings (SSSR count). The molecule has 1 heterocycles. The number of hydrogen-bond donors (Lipinski definition) is 2. The van der Waals surface area contributed by atoms with Crippen molar-refractivity contribution in [1.82, 2.24) is 5.43 Å². The fourth-order valence-corrected chi connectivity index (χ4v) is 2.69. The number of hydrogen-bond acceptors (Lipinski definition) is 4. The molecule has 1 aliphatic rings. The van der Waals surface area contributed by atoms with Gasteiger partial charge in [-0.15, -0.1) is 0 Å². The molecule has 0 fully saturated rings. The molecule has 21 heavy (non-hydrogen) atoms. The van der Waals surface area contributed by atoms with E-state index in [1.165, 1.54) is 16.7 Å². The number of hydrazine groups is 1. The van der Waals surface area contributed by atoms with E-state index in [2.05, 4.69) is 29.7 Å². The summed E-state index contributed by atoms with van der Waals surface area (Å²) in [6.07, 6.45) is 1.81. The van der Waals surface area contributed by atoms with Gasteiger partial charge in [0.1, 0.15) is 11.5 Å². The standard InChI is InChI=1S/C17H20N2O2/c1-20-15-5-2-12(3-6-15)10-16(19-18)13-4-7-17-14(11-13)8-9-21-17/h2-7,11,16,19H,8-10,18H2,1H3. The molecule has 4 heteroatoms. The van der Waals surface area contributed by atoms with Gasteiger partial charge < -0.3 is 9.47 Å². The first-order valence-corrected chi connectivity index (χ1v) is 7.15. The molecular formula is C17H20N2O2. The number of fused-ring (bicyclic) bond motifs is 1. The summed E-state index contributed by atoms with van der Waals surface area (Å²) in [6.45, 7) is 0.776. The van der Waals surface area contributed by atoms with Gasteiger partial charge in [-0.05, 0) is 41.3 Å². The minimum atomic E-state index is 0.0873. The normalized spacial score (nSPS) is 14.4. The number of nitrogens with two attached hydrogens (primary N) is 1. The van der Waals surface area contributed by atoms with Gasteiger partial charge in [0.05, 0.1) is 13.7 Å². The molecule has 0 amide bonds. The monoisotopic (exact) mass is 284 g/mol. The van der Waals surface area contributed by atoms with Crippen LogP contribution >= 0.6 is 0 Å². The molecule has 0 saturated carbocycles. The van der Waals surface area contributed by atoms with Gasteiger partial charge in [0.2, 0.25) is 0 Å². The predicted octanol–water partition coefficient (Wildman–Crippen LogP) is 2.38. The Labute approximate surface area is 124 Å². The minimum absolute atomic E-state index is 0.0873. The van der Waals surface area contributed by atoms with Crippen LogP contribution in [0.15, 0.2) is 42.5 Å². The van der Waals surface area contributed by atoms with Gasteiger partial charge in [0.15, 0.2) is 0 Å². The van der Waals surface area contributed by atoms with E-state index in [1.807, 2.05) is 18.2 Å². The lowest BCUT2D eigenvalue weighted by Crippen LogP contribution is -2.29. The van der Waals surface area contributed by atoms with E-state index in [1.54, 1.807) is 7.11 Å². The van der Waals surface area contributed by atoms with Crippen molar-refractivity contribution in [2.75, 3.05) is 13.7 Å². The molecule has 110 valence electrons. The zero-order chi connectivity index (χ0) is 14.7. The highest BCUT2D eigenvalue weighted by molar-refractivity contribution is 5.41. The molecule has 0 radical (unpaired) electrons. The molecule has 3 N–H and O–H groups in total. The third kappa shape index (κ3) is 3.01. The largest absolute Gasteiger partial charge is 0.497 e. The molecule has 1 aliphatic heterocycles. The fraction of sp³-hybridized carbons (Fsp3) is 0.294. The topological polar surface area (TPSA) is 56.5 Å². The quantitative estimate of drug-likeness (QED) is 0.654. The first-order chi connectivity index (χ1) is 10.3. The highest BCUT2D eigenvalue weighted by Gasteiger charge is 2.16. The minimum Gasteiger partial charge on any atom is -0.497 e. The Morgan fingerprint density at radius 3 is 2.76 bits per heavy atom. The Morgan fingerprint density at radius 2 is 2.05 bits per heavy atom. The Bertz CT molecular complexity index is 611. The molecule has 1 atom stereocenters. The summed E-state index contributed by atoms with van der Waals surface area (Å²) < 4.78 is 10.7. The Balaban J connectivity index is 1.78. The summed E-state index contributed by atoms with van der Waals surface area (Å²) >= 11 is 0. The molecule has 0 aliphatic carbocycles. The predicted molar refractivity (Wildman–Crippen MR) is 82.4 cm³/mol. The lowest BCUT2D eigenvalue weighted by molar-refractivity contribution is 0.356. The average molecular weight is 284 g/mol. The maximum Gasteiger partial charge on any atom is 0.122 e. The fourth-order valence-electron chi connectivity index (χ4n) is 2.69.